The Labute approximate surface area is 70.5 Å². The van der Waals surface area contributed by atoms with Crippen molar-refractivity contribution in [1.29, 1.82) is 0 Å². The number of aliphatic hydroxyl groups excluding tert-OH is 1. The molecule has 0 aromatic rings. The van der Waals surface area contributed by atoms with Crippen LogP contribution >= 0.6 is 0 Å². The number of carbonyl (C=O) groups excluding carboxylic acids is 1. The molecule has 0 aromatic heterocycles. The third kappa shape index (κ3) is 1.85. The highest BCUT2D eigenvalue weighted by Crippen LogP contribution is 2.02. The van der Waals surface area contributed by atoms with Crippen LogP contribution in [0.4, 0.5) is 0 Å². The molecule has 1 heterocycles. The normalized spacial score (nSPS) is 21.2. The van der Waals surface area contributed by atoms with E-state index in [0.29, 0.717) is 5.70 Å². The van der Waals surface area contributed by atoms with Gasteiger partial charge in [-0.15, -0.1) is 0 Å². The highest BCUT2D eigenvalue weighted by atomic mass is 16.5. The van der Waals surface area contributed by atoms with Gasteiger partial charge in [0.2, 0.25) is 0 Å². The topological polar surface area (TPSA) is 58.6 Å². The van der Waals surface area contributed by atoms with E-state index in [1.807, 2.05) is 0 Å². The molecule has 0 spiro atoms. The predicted molar refractivity (Wildman–Crippen MR) is 43.2 cm³/mol. The van der Waals surface area contributed by atoms with Crippen LogP contribution in [0, 0.1) is 0 Å². The molecule has 1 unspecified atom stereocenters. The van der Waals surface area contributed by atoms with Gasteiger partial charge in [0, 0.05) is 5.70 Å². The van der Waals surface area contributed by atoms with Gasteiger partial charge in [0.1, 0.15) is 6.04 Å². The number of methoxy groups -OCH3 is 1. The van der Waals surface area contributed by atoms with Crippen molar-refractivity contribution in [2.24, 2.45) is 0 Å². The molecule has 0 saturated heterocycles. The first kappa shape index (κ1) is 8.80. The van der Waals surface area contributed by atoms with Gasteiger partial charge >= 0.3 is 5.97 Å². The largest absolute Gasteiger partial charge is 0.467 e. The first-order chi connectivity index (χ1) is 5.77. The third-order valence-corrected chi connectivity index (χ3v) is 1.57. The van der Waals surface area contributed by atoms with Crippen LogP contribution in [0.5, 0.6) is 0 Å². The van der Waals surface area contributed by atoms with Gasteiger partial charge in [-0.05, 0) is 6.08 Å². The van der Waals surface area contributed by atoms with Crippen molar-refractivity contribution in [3.05, 3.63) is 23.9 Å². The Morgan fingerprint density at radius 3 is 3.17 bits per heavy atom. The number of ether oxygens (including phenoxy) is 1. The maximum atomic E-state index is 11.0. The molecule has 4 heteroatoms. The summed E-state index contributed by atoms with van der Waals surface area (Å²) in [5.41, 5.74) is 0.618. The highest BCUT2D eigenvalue weighted by Gasteiger charge is 2.17. The van der Waals surface area contributed by atoms with Gasteiger partial charge in [-0.2, -0.15) is 0 Å². The Balaban J connectivity index is 2.59. The second-order valence-electron chi connectivity index (χ2n) is 2.38. The Morgan fingerprint density at radius 1 is 1.83 bits per heavy atom. The summed E-state index contributed by atoms with van der Waals surface area (Å²) < 4.78 is 4.52. The Morgan fingerprint density at radius 2 is 2.58 bits per heavy atom. The molecule has 1 rings (SSSR count). The van der Waals surface area contributed by atoms with Crippen molar-refractivity contribution in [1.82, 2.24) is 5.32 Å². The van der Waals surface area contributed by atoms with Gasteiger partial charge in [0.25, 0.3) is 0 Å². The number of hydrogen-bond acceptors (Lipinski definition) is 4. The summed E-state index contributed by atoms with van der Waals surface area (Å²) in [5, 5.41) is 11.6. The van der Waals surface area contributed by atoms with Crippen LogP contribution < -0.4 is 5.32 Å². The number of rotatable bonds is 2. The van der Waals surface area contributed by atoms with Gasteiger partial charge in [-0.25, -0.2) is 4.79 Å². The molecular formula is C8H11NO3. The van der Waals surface area contributed by atoms with Crippen LogP contribution in [-0.2, 0) is 9.53 Å². The summed E-state index contributed by atoms with van der Waals surface area (Å²) in [6.45, 7) is -0.0994. The van der Waals surface area contributed by atoms with Crippen LogP contribution in [-0.4, -0.2) is 30.8 Å². The molecular weight excluding hydrogens is 158 g/mol. The first-order valence-electron chi connectivity index (χ1n) is 3.60. The minimum absolute atomic E-state index is 0.0994. The molecule has 0 amide bonds. The molecule has 1 atom stereocenters. The number of nitrogens with one attached hydrogen (secondary N) is 1. The van der Waals surface area contributed by atoms with Crippen molar-refractivity contribution in [3.63, 3.8) is 0 Å². The summed E-state index contributed by atoms with van der Waals surface area (Å²) >= 11 is 0. The van der Waals surface area contributed by atoms with E-state index in [1.165, 1.54) is 7.11 Å². The van der Waals surface area contributed by atoms with Crippen molar-refractivity contribution >= 4 is 5.97 Å². The van der Waals surface area contributed by atoms with Gasteiger partial charge in [-0.3, -0.25) is 0 Å². The van der Waals surface area contributed by atoms with Crippen LogP contribution in [0.3, 0.4) is 0 Å². The fraction of sp³-hybridized carbons (Fsp3) is 0.375. The third-order valence-electron chi connectivity index (χ3n) is 1.57. The molecule has 66 valence electrons. The van der Waals surface area contributed by atoms with Crippen LogP contribution in [0.1, 0.15) is 0 Å². The van der Waals surface area contributed by atoms with Gasteiger partial charge in [0.05, 0.1) is 13.7 Å². The minimum atomic E-state index is -0.470. The van der Waals surface area contributed by atoms with Crippen LogP contribution in [0.2, 0.25) is 0 Å². The molecule has 1 aliphatic heterocycles. The molecule has 2 N–H and O–H groups in total. The summed E-state index contributed by atoms with van der Waals surface area (Å²) in [7, 11) is 1.33. The molecule has 12 heavy (non-hydrogen) atoms. The lowest BCUT2D eigenvalue weighted by Crippen LogP contribution is -2.37. The van der Waals surface area contributed by atoms with E-state index >= 15 is 0 Å². The minimum Gasteiger partial charge on any atom is -0.467 e. The molecule has 4 nitrogen and oxygen atoms in total. The van der Waals surface area contributed by atoms with Crippen LogP contribution in [0.25, 0.3) is 0 Å². The van der Waals surface area contributed by atoms with E-state index in [2.05, 4.69) is 10.1 Å². The summed E-state index contributed by atoms with van der Waals surface area (Å²) in [6, 6.07) is -0.470. The predicted octanol–water partition coefficient (Wildman–Crippen LogP) is -0.436. The monoisotopic (exact) mass is 169 g/mol. The second kappa shape index (κ2) is 3.92. The Bertz CT molecular complexity index is 232. The van der Waals surface area contributed by atoms with Gasteiger partial charge in [0.15, 0.2) is 0 Å². The maximum Gasteiger partial charge on any atom is 0.332 e. The second-order valence-corrected chi connectivity index (χ2v) is 2.38. The molecule has 0 aromatic carbocycles. The molecule has 0 bridgehead atoms. The molecule has 0 radical (unpaired) electrons. The zero-order chi connectivity index (χ0) is 8.97. The van der Waals surface area contributed by atoms with Crippen molar-refractivity contribution < 1.29 is 14.6 Å². The summed E-state index contributed by atoms with van der Waals surface area (Å²) in [4.78, 5) is 11.0. The van der Waals surface area contributed by atoms with Gasteiger partial charge in [-0.1, -0.05) is 12.2 Å². The SMILES string of the molecule is COC(=O)C1C=CC=C(CO)N1. The lowest BCUT2D eigenvalue weighted by molar-refractivity contribution is -0.141. The molecule has 1 aliphatic rings. The number of dihydropyridines is 1. The number of aliphatic hydroxyl groups is 1. The highest BCUT2D eigenvalue weighted by molar-refractivity contribution is 5.78. The Kier molecular flexibility index (Phi) is 2.88. The quantitative estimate of drug-likeness (QED) is 0.550. The van der Waals surface area contributed by atoms with Crippen molar-refractivity contribution in [2.75, 3.05) is 13.7 Å². The standard InChI is InChI=1S/C8H11NO3/c1-12-8(11)7-4-2-3-6(5-10)9-7/h2-4,7,9-10H,5H2,1H3. The summed E-state index contributed by atoms with van der Waals surface area (Å²) in [6.07, 6.45) is 5.09. The Hall–Kier alpha value is -1.29. The average Bonchev–Trinajstić information content (AvgIpc) is 2.17. The smallest absolute Gasteiger partial charge is 0.332 e. The lowest BCUT2D eigenvalue weighted by atomic mass is 10.2. The van der Waals surface area contributed by atoms with E-state index in [1.54, 1.807) is 18.2 Å². The zero-order valence-electron chi connectivity index (χ0n) is 6.78. The molecule has 0 fully saturated rings. The fourth-order valence-corrected chi connectivity index (χ4v) is 0.942. The van der Waals surface area contributed by atoms with E-state index in [0.717, 1.165) is 0 Å². The van der Waals surface area contributed by atoms with Crippen molar-refractivity contribution in [2.45, 2.75) is 6.04 Å². The lowest BCUT2D eigenvalue weighted by Gasteiger charge is -2.17. The zero-order valence-corrected chi connectivity index (χ0v) is 6.78. The first-order valence-corrected chi connectivity index (χ1v) is 3.60. The number of allylic oxidation sites excluding steroid dienone is 2. The number of esters is 1. The summed E-state index contributed by atoms with van der Waals surface area (Å²) in [5.74, 6) is -0.356. The van der Waals surface area contributed by atoms with Gasteiger partial charge < -0.3 is 15.2 Å². The van der Waals surface area contributed by atoms with Crippen LogP contribution in [0.15, 0.2) is 23.9 Å². The molecule has 0 aliphatic carbocycles. The number of hydrogen-bond donors (Lipinski definition) is 2. The van der Waals surface area contributed by atoms with E-state index in [9.17, 15) is 4.79 Å². The van der Waals surface area contributed by atoms with Crippen molar-refractivity contribution in [3.8, 4) is 0 Å². The van der Waals surface area contributed by atoms with E-state index in [-0.39, 0.29) is 12.6 Å². The molecule has 0 saturated carbocycles. The average molecular weight is 169 g/mol. The van der Waals surface area contributed by atoms with E-state index < -0.39 is 6.04 Å². The maximum absolute atomic E-state index is 11.0. The van der Waals surface area contributed by atoms with E-state index in [4.69, 9.17) is 5.11 Å². The number of carbonyl (C=O) groups is 1. The fourth-order valence-electron chi connectivity index (χ4n) is 0.942.